The maximum Gasteiger partial charge on any atom is 0.326 e. The lowest BCUT2D eigenvalue weighted by molar-refractivity contribution is -0.142. The number of carbonyl (C=O) groups is 2. The molecule has 6 nitrogen and oxygen atoms in total. The Morgan fingerprint density at radius 1 is 1.46 bits per heavy atom. The van der Waals surface area contributed by atoms with E-state index in [1.165, 1.54) is 11.8 Å². The number of nitrogens with one attached hydrogen (secondary N) is 1. The summed E-state index contributed by atoms with van der Waals surface area (Å²) >= 11 is 1.48. The normalized spacial score (nSPS) is 17.8. The predicted octanol–water partition coefficient (Wildman–Crippen LogP) is 1.69. The minimum atomic E-state index is -1.08. The zero-order chi connectivity index (χ0) is 17.5. The van der Waals surface area contributed by atoms with Crippen LogP contribution in [-0.2, 0) is 9.59 Å². The van der Waals surface area contributed by atoms with Crippen molar-refractivity contribution in [3.05, 3.63) is 42.5 Å². The molecule has 1 aliphatic heterocycles. The van der Waals surface area contributed by atoms with Gasteiger partial charge in [-0.25, -0.2) is 4.79 Å². The van der Waals surface area contributed by atoms with Gasteiger partial charge in [-0.15, -0.1) is 6.58 Å². The highest BCUT2D eigenvalue weighted by molar-refractivity contribution is 7.99. The molecule has 0 aliphatic carbocycles. The number of rotatable bonds is 9. The zero-order valence-corrected chi connectivity index (χ0v) is 14.0. The monoisotopic (exact) mass is 347 g/mol. The molecule has 1 aromatic rings. The second-order valence-electron chi connectivity index (χ2n) is 5.51. The first kappa shape index (κ1) is 18.2. The Balaban J connectivity index is 1.96. The molecular formula is C17H21N3O3S. The number of carbonyl (C=O) groups excluding carboxylic acids is 1. The summed E-state index contributed by atoms with van der Waals surface area (Å²) in [6.07, 6.45) is 3.70. The van der Waals surface area contributed by atoms with Crippen LogP contribution in [0.5, 0.6) is 0 Å². The van der Waals surface area contributed by atoms with Crippen molar-refractivity contribution in [3.8, 4) is 0 Å². The van der Waals surface area contributed by atoms with Crippen LogP contribution in [0.3, 0.4) is 0 Å². The van der Waals surface area contributed by atoms with Crippen molar-refractivity contribution in [1.29, 1.82) is 0 Å². The van der Waals surface area contributed by atoms with Crippen molar-refractivity contribution >= 4 is 35.5 Å². The first-order valence-electron chi connectivity index (χ1n) is 7.63. The van der Waals surface area contributed by atoms with Gasteiger partial charge in [0.2, 0.25) is 5.91 Å². The van der Waals surface area contributed by atoms with Crippen LogP contribution >= 0.6 is 11.8 Å². The number of hydrogen-bond donors (Lipinski definition) is 3. The number of fused-ring (bicyclic) bond motifs is 1. The van der Waals surface area contributed by atoms with Crippen molar-refractivity contribution in [2.75, 3.05) is 11.5 Å². The molecule has 0 fully saturated rings. The second-order valence-corrected chi connectivity index (χ2v) is 6.59. The number of carboxylic acids is 1. The number of aliphatic carboxylic acids is 1. The molecule has 3 atom stereocenters. The van der Waals surface area contributed by atoms with Crippen molar-refractivity contribution in [2.24, 2.45) is 10.7 Å². The molecule has 24 heavy (non-hydrogen) atoms. The fourth-order valence-corrected chi connectivity index (χ4v) is 3.17. The number of amides is 1. The summed E-state index contributed by atoms with van der Waals surface area (Å²) in [4.78, 5) is 27.9. The standard InChI is InChI=1S/C17H21N3O3S/c1-2-7-24-10-13(18)16(21)20-15(17(22)23)8-11-9-19-14-6-4-3-5-12(11)14/h2-6,9,11,13,15H,1,7-8,10,18H2,(H,20,21)(H,22,23)/t11?,13?,15-/m0/s1. The van der Waals surface area contributed by atoms with Crippen LogP contribution in [0.15, 0.2) is 41.9 Å². The Hall–Kier alpha value is -2.12. The Bertz CT molecular complexity index is 648. The SMILES string of the molecule is C=CCSCC(N)C(=O)N[C@@H](CC1C=Nc2ccccc21)C(=O)O. The van der Waals surface area contributed by atoms with E-state index in [1.807, 2.05) is 24.3 Å². The van der Waals surface area contributed by atoms with Gasteiger partial charge >= 0.3 is 5.97 Å². The number of carboxylic acid groups (broad SMARTS) is 1. The van der Waals surface area contributed by atoms with E-state index in [9.17, 15) is 14.7 Å². The highest BCUT2D eigenvalue weighted by Gasteiger charge is 2.29. The Morgan fingerprint density at radius 3 is 2.92 bits per heavy atom. The van der Waals surface area contributed by atoms with Crippen LogP contribution in [0, 0.1) is 0 Å². The van der Waals surface area contributed by atoms with Gasteiger partial charge < -0.3 is 16.2 Å². The molecule has 0 saturated carbocycles. The van der Waals surface area contributed by atoms with Gasteiger partial charge in [0.15, 0.2) is 0 Å². The van der Waals surface area contributed by atoms with E-state index in [4.69, 9.17) is 5.73 Å². The highest BCUT2D eigenvalue weighted by Crippen LogP contribution is 2.34. The maximum absolute atomic E-state index is 12.1. The van der Waals surface area contributed by atoms with Crippen molar-refractivity contribution in [2.45, 2.75) is 24.4 Å². The molecule has 1 heterocycles. The smallest absolute Gasteiger partial charge is 0.326 e. The third-order valence-corrected chi connectivity index (χ3v) is 4.77. The number of nitrogens with zero attached hydrogens (tertiary/aromatic N) is 1. The Kier molecular flexibility index (Phi) is 6.57. The first-order chi connectivity index (χ1) is 11.5. The topological polar surface area (TPSA) is 105 Å². The minimum absolute atomic E-state index is 0.131. The lowest BCUT2D eigenvalue weighted by Gasteiger charge is -2.20. The van der Waals surface area contributed by atoms with Gasteiger partial charge in [-0.05, 0) is 18.1 Å². The molecule has 2 unspecified atom stereocenters. The van der Waals surface area contributed by atoms with Crippen molar-refractivity contribution in [3.63, 3.8) is 0 Å². The number of aliphatic imine (C=N–C) groups is 1. The molecule has 1 amide bonds. The molecule has 0 aromatic heterocycles. The highest BCUT2D eigenvalue weighted by atomic mass is 32.2. The maximum atomic E-state index is 12.1. The third-order valence-electron chi connectivity index (χ3n) is 3.70. The number of benzene rings is 1. The van der Waals surface area contributed by atoms with E-state index in [1.54, 1.807) is 12.3 Å². The fourth-order valence-electron chi connectivity index (χ4n) is 2.47. The van der Waals surface area contributed by atoms with Crippen LogP contribution in [-0.4, -0.2) is 46.8 Å². The van der Waals surface area contributed by atoms with Crippen LogP contribution in [0.2, 0.25) is 0 Å². The molecule has 128 valence electrons. The molecule has 1 aliphatic rings. The largest absolute Gasteiger partial charge is 0.480 e. The van der Waals surface area contributed by atoms with Crippen molar-refractivity contribution in [1.82, 2.24) is 5.32 Å². The van der Waals surface area contributed by atoms with Crippen LogP contribution in [0.1, 0.15) is 17.9 Å². The van der Waals surface area contributed by atoms with Gasteiger partial charge in [-0.2, -0.15) is 11.8 Å². The molecule has 0 radical (unpaired) electrons. The molecule has 0 saturated heterocycles. The number of nitrogens with two attached hydrogens (primary N) is 1. The average Bonchev–Trinajstić information content (AvgIpc) is 2.97. The van der Waals surface area contributed by atoms with E-state index >= 15 is 0 Å². The molecule has 4 N–H and O–H groups in total. The molecule has 1 aromatic carbocycles. The van der Waals surface area contributed by atoms with Crippen LogP contribution < -0.4 is 11.1 Å². The molecule has 7 heteroatoms. The van der Waals surface area contributed by atoms with Gasteiger partial charge in [0.05, 0.1) is 11.7 Å². The summed E-state index contributed by atoms with van der Waals surface area (Å²) in [5.41, 5.74) is 7.62. The van der Waals surface area contributed by atoms with Crippen LogP contribution in [0.4, 0.5) is 5.69 Å². The Morgan fingerprint density at radius 2 is 2.21 bits per heavy atom. The van der Waals surface area contributed by atoms with Gasteiger partial charge in [-0.1, -0.05) is 24.3 Å². The van der Waals surface area contributed by atoms with Crippen molar-refractivity contribution < 1.29 is 14.7 Å². The van der Waals surface area contributed by atoms with Gasteiger partial charge in [0, 0.05) is 23.6 Å². The summed E-state index contributed by atoms with van der Waals surface area (Å²) < 4.78 is 0. The second kappa shape index (κ2) is 8.65. The van der Waals surface area contributed by atoms with E-state index in [0.717, 1.165) is 11.3 Å². The zero-order valence-electron chi connectivity index (χ0n) is 13.2. The summed E-state index contributed by atoms with van der Waals surface area (Å²) in [6.45, 7) is 3.60. The molecular weight excluding hydrogens is 326 g/mol. The minimum Gasteiger partial charge on any atom is -0.480 e. The summed E-state index contributed by atoms with van der Waals surface area (Å²) in [7, 11) is 0. The van der Waals surface area contributed by atoms with Gasteiger partial charge in [-0.3, -0.25) is 9.79 Å². The van der Waals surface area contributed by atoms with Crippen LogP contribution in [0.25, 0.3) is 0 Å². The fraction of sp³-hybridized carbons (Fsp3) is 0.353. The van der Waals surface area contributed by atoms with E-state index in [-0.39, 0.29) is 12.3 Å². The summed E-state index contributed by atoms with van der Waals surface area (Å²) in [5, 5.41) is 11.9. The average molecular weight is 347 g/mol. The number of para-hydroxylation sites is 1. The lowest BCUT2D eigenvalue weighted by Crippen LogP contribution is -2.49. The molecule has 0 bridgehead atoms. The summed E-state index contributed by atoms with van der Waals surface area (Å²) in [5.74, 6) is -0.556. The quantitative estimate of drug-likeness (QED) is 0.466. The van der Waals surface area contributed by atoms with E-state index in [0.29, 0.717) is 11.5 Å². The van der Waals surface area contributed by atoms with Gasteiger partial charge in [0.1, 0.15) is 6.04 Å². The molecule has 0 spiro atoms. The molecule has 2 rings (SSSR count). The first-order valence-corrected chi connectivity index (χ1v) is 8.79. The van der Waals surface area contributed by atoms with Gasteiger partial charge in [0.25, 0.3) is 0 Å². The van der Waals surface area contributed by atoms with E-state index < -0.39 is 24.0 Å². The van der Waals surface area contributed by atoms with E-state index in [2.05, 4.69) is 16.9 Å². The number of thioether (sulfide) groups is 1. The lowest BCUT2D eigenvalue weighted by atomic mass is 9.94. The summed E-state index contributed by atoms with van der Waals surface area (Å²) in [6, 6.07) is 5.83. The Labute approximate surface area is 145 Å². The predicted molar refractivity (Wildman–Crippen MR) is 97.0 cm³/mol. The number of hydrogen-bond acceptors (Lipinski definition) is 5. The third kappa shape index (κ3) is 4.69.